The fraction of sp³-hybridized carbons (Fsp3) is 0.391. The molecule has 1 aliphatic heterocycles. The highest BCUT2D eigenvalue weighted by Gasteiger charge is 2.32. The molecule has 1 saturated heterocycles. The lowest BCUT2D eigenvalue weighted by Gasteiger charge is -2.23. The summed E-state index contributed by atoms with van der Waals surface area (Å²) in [6.07, 6.45) is 7.63. The highest BCUT2D eigenvalue weighted by molar-refractivity contribution is 5.57. The second-order valence-electron chi connectivity index (χ2n) is 8.05. The Hall–Kier alpha value is -4.06. The molecular formula is C23H27N9O3. The van der Waals surface area contributed by atoms with E-state index in [0.29, 0.717) is 48.1 Å². The molecule has 0 radical (unpaired) electrons. The molecule has 0 aromatic carbocycles. The topological polar surface area (TPSA) is 140 Å². The zero-order valence-corrected chi connectivity index (χ0v) is 19.6. The van der Waals surface area contributed by atoms with E-state index in [1.54, 1.807) is 31.8 Å². The van der Waals surface area contributed by atoms with E-state index in [1.807, 2.05) is 12.1 Å². The van der Waals surface area contributed by atoms with Crippen LogP contribution in [0.1, 0.15) is 37.3 Å². The number of rotatable bonds is 10. The summed E-state index contributed by atoms with van der Waals surface area (Å²) in [5.74, 6) is 2.97. The van der Waals surface area contributed by atoms with Crippen molar-refractivity contribution in [2.75, 3.05) is 37.1 Å². The zero-order valence-electron chi connectivity index (χ0n) is 19.6. The van der Waals surface area contributed by atoms with Gasteiger partial charge in [0, 0.05) is 49.9 Å². The third kappa shape index (κ3) is 5.22. The summed E-state index contributed by atoms with van der Waals surface area (Å²) in [7, 11) is 1.63. The van der Waals surface area contributed by atoms with Crippen molar-refractivity contribution in [3.63, 3.8) is 0 Å². The van der Waals surface area contributed by atoms with Crippen LogP contribution in [0.25, 0.3) is 11.4 Å². The maximum Gasteiger partial charge on any atom is 0.231 e. The van der Waals surface area contributed by atoms with Gasteiger partial charge in [0.25, 0.3) is 0 Å². The van der Waals surface area contributed by atoms with Crippen molar-refractivity contribution in [3.8, 4) is 17.3 Å². The smallest absolute Gasteiger partial charge is 0.231 e. The summed E-state index contributed by atoms with van der Waals surface area (Å²) in [6.45, 7) is 3.67. The largest absolute Gasteiger partial charge is 0.475 e. The van der Waals surface area contributed by atoms with Crippen LogP contribution in [-0.2, 0) is 11.2 Å². The Bertz CT molecular complexity index is 1240. The van der Waals surface area contributed by atoms with E-state index in [4.69, 9.17) is 19.0 Å². The number of H-pyrrole nitrogens is 1. The van der Waals surface area contributed by atoms with E-state index < -0.39 is 0 Å². The van der Waals surface area contributed by atoms with Gasteiger partial charge in [0.1, 0.15) is 23.8 Å². The van der Waals surface area contributed by atoms with Gasteiger partial charge in [-0.15, -0.1) is 0 Å². The standard InChI is InChI=1S/C23H27N9O3/c1-3-15-11-21(30-29-15)26-20-13-22(34-10-9-33-2)28-23(27-20)32-8-4-5-18(32)19-12-16(31-35-19)17-14-24-6-7-25-17/h6-7,11-14,18H,3-5,8-10H2,1-2H3,(H2,26,27,28,29,30)/t18-/m0/s1. The molecule has 1 aliphatic rings. The first kappa shape index (κ1) is 22.7. The molecule has 1 fully saturated rings. The predicted molar refractivity (Wildman–Crippen MR) is 128 cm³/mol. The number of methoxy groups -OCH3 is 1. The molecule has 4 aromatic rings. The Balaban J connectivity index is 1.42. The fourth-order valence-corrected chi connectivity index (χ4v) is 3.95. The molecule has 5 heterocycles. The van der Waals surface area contributed by atoms with Gasteiger partial charge in [-0.1, -0.05) is 12.1 Å². The molecule has 12 nitrogen and oxygen atoms in total. The number of hydrogen-bond donors (Lipinski definition) is 2. The first-order valence-corrected chi connectivity index (χ1v) is 11.5. The number of aromatic nitrogens is 7. The van der Waals surface area contributed by atoms with Crippen LogP contribution < -0.4 is 15.0 Å². The van der Waals surface area contributed by atoms with Gasteiger partial charge in [0.15, 0.2) is 11.6 Å². The van der Waals surface area contributed by atoms with Crippen LogP contribution in [0, 0.1) is 0 Å². The van der Waals surface area contributed by atoms with Crippen molar-refractivity contribution in [3.05, 3.63) is 48.2 Å². The Morgan fingerprint density at radius 1 is 1.14 bits per heavy atom. The van der Waals surface area contributed by atoms with Crippen LogP contribution in [0.4, 0.5) is 17.6 Å². The molecule has 0 saturated carbocycles. The van der Waals surface area contributed by atoms with Gasteiger partial charge in [0.05, 0.1) is 18.8 Å². The average molecular weight is 478 g/mol. The number of aromatic amines is 1. The Morgan fingerprint density at radius 3 is 2.89 bits per heavy atom. The molecule has 0 bridgehead atoms. The third-order valence-corrected chi connectivity index (χ3v) is 5.69. The number of hydrogen-bond acceptors (Lipinski definition) is 11. The van der Waals surface area contributed by atoms with Crippen LogP contribution in [0.3, 0.4) is 0 Å². The number of anilines is 3. The number of ether oxygens (including phenoxy) is 2. The Kier molecular flexibility index (Phi) is 6.80. The molecule has 0 amide bonds. The molecule has 2 N–H and O–H groups in total. The SMILES string of the molecule is CCc1cc(Nc2cc(OCCOC)nc(N3CCC[C@H]3c3cc(-c4cnccn4)no3)n2)n[nH]1. The number of nitrogens with one attached hydrogen (secondary N) is 2. The summed E-state index contributed by atoms with van der Waals surface area (Å²) in [5.41, 5.74) is 2.33. The van der Waals surface area contributed by atoms with Crippen molar-refractivity contribution >= 4 is 17.6 Å². The number of aryl methyl sites for hydroxylation is 1. The number of nitrogens with zero attached hydrogens (tertiary/aromatic N) is 7. The molecule has 12 heteroatoms. The van der Waals surface area contributed by atoms with Crippen molar-refractivity contribution in [1.29, 1.82) is 0 Å². The van der Waals surface area contributed by atoms with Gasteiger partial charge in [-0.05, 0) is 19.3 Å². The van der Waals surface area contributed by atoms with E-state index in [1.165, 1.54) is 0 Å². The van der Waals surface area contributed by atoms with E-state index in [0.717, 1.165) is 37.3 Å². The lowest BCUT2D eigenvalue weighted by atomic mass is 10.1. The van der Waals surface area contributed by atoms with Crippen LogP contribution in [-0.4, -0.2) is 62.2 Å². The second kappa shape index (κ2) is 10.5. The molecule has 0 spiro atoms. The van der Waals surface area contributed by atoms with E-state index in [-0.39, 0.29) is 6.04 Å². The highest BCUT2D eigenvalue weighted by Crippen LogP contribution is 2.37. The summed E-state index contributed by atoms with van der Waals surface area (Å²) in [4.78, 5) is 20.0. The molecule has 1 atom stereocenters. The van der Waals surface area contributed by atoms with Crippen molar-refractivity contribution in [1.82, 2.24) is 35.3 Å². The molecular weight excluding hydrogens is 450 g/mol. The van der Waals surface area contributed by atoms with Gasteiger partial charge in [-0.2, -0.15) is 15.1 Å². The highest BCUT2D eigenvalue weighted by atomic mass is 16.5. The van der Waals surface area contributed by atoms with E-state index >= 15 is 0 Å². The fourth-order valence-electron chi connectivity index (χ4n) is 3.95. The van der Waals surface area contributed by atoms with Gasteiger partial charge in [-0.25, -0.2) is 0 Å². The van der Waals surface area contributed by atoms with Crippen molar-refractivity contribution < 1.29 is 14.0 Å². The normalized spacial score (nSPS) is 15.5. The monoisotopic (exact) mass is 477 g/mol. The quantitative estimate of drug-likeness (QED) is 0.325. The molecule has 35 heavy (non-hydrogen) atoms. The second-order valence-corrected chi connectivity index (χ2v) is 8.05. The third-order valence-electron chi connectivity index (χ3n) is 5.69. The minimum atomic E-state index is -0.0629. The minimum absolute atomic E-state index is 0.0629. The lowest BCUT2D eigenvalue weighted by Crippen LogP contribution is -2.25. The van der Waals surface area contributed by atoms with Gasteiger partial charge < -0.3 is 24.2 Å². The van der Waals surface area contributed by atoms with Crippen LogP contribution in [0.2, 0.25) is 0 Å². The van der Waals surface area contributed by atoms with E-state index in [9.17, 15) is 0 Å². The van der Waals surface area contributed by atoms with E-state index in [2.05, 4.69) is 47.4 Å². The minimum Gasteiger partial charge on any atom is -0.475 e. The van der Waals surface area contributed by atoms with Crippen molar-refractivity contribution in [2.24, 2.45) is 0 Å². The summed E-state index contributed by atoms with van der Waals surface area (Å²) in [5, 5.41) is 14.8. The lowest BCUT2D eigenvalue weighted by molar-refractivity contribution is 0.143. The Labute approximate surface area is 202 Å². The molecule has 0 unspecified atom stereocenters. The van der Waals surface area contributed by atoms with Crippen LogP contribution in [0.15, 0.2) is 41.3 Å². The van der Waals surface area contributed by atoms with Gasteiger partial charge >= 0.3 is 0 Å². The Morgan fingerprint density at radius 2 is 2.09 bits per heavy atom. The maximum atomic E-state index is 5.83. The predicted octanol–water partition coefficient (Wildman–Crippen LogP) is 3.32. The molecule has 182 valence electrons. The first-order valence-electron chi connectivity index (χ1n) is 11.5. The molecule has 0 aliphatic carbocycles. The maximum absolute atomic E-state index is 5.83. The van der Waals surface area contributed by atoms with Crippen LogP contribution in [0.5, 0.6) is 5.88 Å². The first-order chi connectivity index (χ1) is 17.2. The average Bonchev–Trinajstić information content (AvgIpc) is 3.65. The zero-order chi connectivity index (χ0) is 24.0. The summed E-state index contributed by atoms with van der Waals surface area (Å²) < 4.78 is 16.7. The summed E-state index contributed by atoms with van der Waals surface area (Å²) >= 11 is 0. The van der Waals surface area contributed by atoms with Crippen LogP contribution >= 0.6 is 0 Å². The van der Waals surface area contributed by atoms with Crippen molar-refractivity contribution in [2.45, 2.75) is 32.2 Å². The molecule has 4 aromatic heterocycles. The summed E-state index contributed by atoms with van der Waals surface area (Å²) in [6, 6.07) is 5.55. The van der Waals surface area contributed by atoms with Gasteiger partial charge in [0.2, 0.25) is 11.8 Å². The van der Waals surface area contributed by atoms with Gasteiger partial charge in [-0.3, -0.25) is 15.1 Å². The molecule has 5 rings (SSSR count).